The van der Waals surface area contributed by atoms with Gasteiger partial charge < -0.3 is 9.47 Å². The minimum Gasteiger partial charge on any atom is -0.497 e. The predicted octanol–water partition coefficient (Wildman–Crippen LogP) is 3.05. The molecule has 1 fully saturated rings. The van der Waals surface area contributed by atoms with Gasteiger partial charge in [0.15, 0.2) is 0 Å². The van der Waals surface area contributed by atoms with E-state index in [1.54, 1.807) is 7.11 Å². The van der Waals surface area contributed by atoms with Crippen molar-refractivity contribution in [2.75, 3.05) is 26.8 Å². The fraction of sp³-hybridized carbons (Fsp3) is 0.550. The first-order valence-corrected chi connectivity index (χ1v) is 9.17. The van der Waals surface area contributed by atoms with E-state index in [4.69, 9.17) is 9.47 Å². The summed E-state index contributed by atoms with van der Waals surface area (Å²) in [6, 6.07) is 8.26. The summed E-state index contributed by atoms with van der Waals surface area (Å²) in [5, 5.41) is 4.52. The van der Waals surface area contributed by atoms with Crippen LogP contribution >= 0.6 is 0 Å². The van der Waals surface area contributed by atoms with Gasteiger partial charge in [-0.2, -0.15) is 5.10 Å². The Hall–Kier alpha value is -1.85. The molecular weight excluding hydrogens is 314 g/mol. The molecule has 0 radical (unpaired) electrons. The summed E-state index contributed by atoms with van der Waals surface area (Å²) in [6.07, 6.45) is 4.29. The summed E-state index contributed by atoms with van der Waals surface area (Å²) < 4.78 is 13.4. The third-order valence-corrected chi connectivity index (χ3v) is 4.85. The zero-order valence-corrected chi connectivity index (χ0v) is 15.6. The number of benzene rings is 1. The van der Waals surface area contributed by atoms with Crippen LogP contribution in [0.15, 0.2) is 30.5 Å². The quantitative estimate of drug-likeness (QED) is 0.775. The summed E-state index contributed by atoms with van der Waals surface area (Å²) >= 11 is 0. The lowest BCUT2D eigenvalue weighted by Crippen LogP contribution is -2.42. The minimum absolute atomic E-state index is 0.229. The Balaban J connectivity index is 1.59. The third-order valence-electron chi connectivity index (χ3n) is 4.85. The molecule has 5 heteroatoms. The van der Waals surface area contributed by atoms with Crippen molar-refractivity contribution in [2.24, 2.45) is 0 Å². The van der Waals surface area contributed by atoms with Crippen LogP contribution in [0, 0.1) is 6.92 Å². The van der Waals surface area contributed by atoms with Crippen molar-refractivity contribution in [3.8, 4) is 5.75 Å². The first-order chi connectivity index (χ1) is 12.2. The van der Waals surface area contributed by atoms with Crippen LogP contribution in [0.5, 0.6) is 5.75 Å². The largest absolute Gasteiger partial charge is 0.497 e. The van der Waals surface area contributed by atoms with E-state index < -0.39 is 0 Å². The molecule has 136 valence electrons. The lowest BCUT2D eigenvalue weighted by molar-refractivity contribution is -0.0305. The zero-order valence-electron chi connectivity index (χ0n) is 15.6. The van der Waals surface area contributed by atoms with Gasteiger partial charge in [0.05, 0.1) is 26.0 Å². The molecule has 3 rings (SSSR count). The van der Waals surface area contributed by atoms with Crippen LogP contribution in [0.1, 0.15) is 30.2 Å². The monoisotopic (exact) mass is 343 g/mol. The van der Waals surface area contributed by atoms with Crippen LogP contribution in [0.3, 0.4) is 0 Å². The molecule has 25 heavy (non-hydrogen) atoms. The van der Waals surface area contributed by atoms with E-state index in [0.29, 0.717) is 0 Å². The summed E-state index contributed by atoms with van der Waals surface area (Å²) in [4.78, 5) is 2.48. The molecule has 0 saturated carbocycles. The lowest BCUT2D eigenvalue weighted by atomic mass is 10.1. The summed E-state index contributed by atoms with van der Waals surface area (Å²) in [5.74, 6) is 0.907. The molecule has 0 N–H and O–H groups in total. The average molecular weight is 343 g/mol. The van der Waals surface area contributed by atoms with E-state index in [1.807, 2.05) is 18.3 Å². The van der Waals surface area contributed by atoms with E-state index >= 15 is 0 Å². The molecular formula is C20H29N3O2. The van der Waals surface area contributed by atoms with Gasteiger partial charge in [-0.15, -0.1) is 0 Å². The molecule has 1 aromatic heterocycles. The second kappa shape index (κ2) is 8.50. The number of nitrogens with zero attached hydrogens (tertiary/aromatic N) is 3. The van der Waals surface area contributed by atoms with Gasteiger partial charge >= 0.3 is 0 Å². The van der Waals surface area contributed by atoms with Crippen LogP contribution in [-0.2, 0) is 24.2 Å². The minimum atomic E-state index is 0.229. The second-order valence-corrected chi connectivity index (χ2v) is 6.76. The van der Waals surface area contributed by atoms with Crippen LogP contribution in [0.2, 0.25) is 0 Å². The van der Waals surface area contributed by atoms with Crippen LogP contribution in [-0.4, -0.2) is 47.6 Å². The van der Waals surface area contributed by atoms with Gasteiger partial charge in [-0.25, -0.2) is 0 Å². The highest BCUT2D eigenvalue weighted by molar-refractivity contribution is 5.29. The number of aromatic nitrogens is 2. The molecule has 1 aromatic carbocycles. The highest BCUT2D eigenvalue weighted by atomic mass is 16.5. The standard InChI is InChI=1S/C20H29N3O2/c1-4-8-23-16(2)18(13-21-23)14-22-9-10-25-20(15-22)12-17-6-5-7-19(11-17)24-3/h5-7,11,13,20H,4,8-10,12,14-15H2,1-3H3. The Morgan fingerprint density at radius 2 is 2.24 bits per heavy atom. The van der Waals surface area contributed by atoms with Gasteiger partial charge in [-0.1, -0.05) is 19.1 Å². The highest BCUT2D eigenvalue weighted by Gasteiger charge is 2.22. The molecule has 1 unspecified atom stereocenters. The van der Waals surface area contributed by atoms with E-state index in [0.717, 1.165) is 51.4 Å². The Kier molecular flexibility index (Phi) is 6.10. The number of aryl methyl sites for hydroxylation is 1. The Morgan fingerprint density at radius 1 is 1.36 bits per heavy atom. The fourth-order valence-electron chi connectivity index (χ4n) is 3.43. The van der Waals surface area contributed by atoms with E-state index in [2.05, 4.69) is 40.7 Å². The molecule has 1 aliphatic heterocycles. The van der Waals surface area contributed by atoms with Crippen LogP contribution < -0.4 is 4.74 Å². The SMILES string of the molecule is CCCn1ncc(CN2CCOC(Cc3cccc(OC)c3)C2)c1C. The number of ether oxygens (including phenoxy) is 2. The van der Waals surface area contributed by atoms with Crippen molar-refractivity contribution in [2.45, 2.75) is 45.9 Å². The lowest BCUT2D eigenvalue weighted by Gasteiger charge is -2.33. The maximum absolute atomic E-state index is 5.99. The normalized spacial score (nSPS) is 18.4. The van der Waals surface area contributed by atoms with Crippen molar-refractivity contribution in [1.82, 2.24) is 14.7 Å². The summed E-state index contributed by atoms with van der Waals surface area (Å²) in [6.45, 7) is 9.03. The maximum Gasteiger partial charge on any atom is 0.119 e. The molecule has 0 spiro atoms. The van der Waals surface area contributed by atoms with Crippen molar-refractivity contribution in [3.63, 3.8) is 0 Å². The maximum atomic E-state index is 5.99. The highest BCUT2D eigenvalue weighted by Crippen LogP contribution is 2.19. The van der Waals surface area contributed by atoms with Crippen LogP contribution in [0.25, 0.3) is 0 Å². The molecule has 1 aliphatic rings. The zero-order chi connectivity index (χ0) is 17.6. The first-order valence-electron chi connectivity index (χ1n) is 9.17. The smallest absolute Gasteiger partial charge is 0.119 e. The average Bonchev–Trinajstić information content (AvgIpc) is 2.96. The molecule has 0 aliphatic carbocycles. The van der Waals surface area contributed by atoms with Gasteiger partial charge in [0.2, 0.25) is 0 Å². The Morgan fingerprint density at radius 3 is 3.04 bits per heavy atom. The third kappa shape index (κ3) is 4.61. The predicted molar refractivity (Wildman–Crippen MR) is 99.0 cm³/mol. The van der Waals surface area contributed by atoms with Gasteiger partial charge in [-0.3, -0.25) is 9.58 Å². The van der Waals surface area contributed by atoms with Crippen molar-refractivity contribution >= 4 is 0 Å². The summed E-state index contributed by atoms with van der Waals surface area (Å²) in [7, 11) is 1.71. The van der Waals surface area contributed by atoms with Crippen molar-refractivity contribution < 1.29 is 9.47 Å². The second-order valence-electron chi connectivity index (χ2n) is 6.76. The molecule has 1 saturated heterocycles. The molecule has 0 bridgehead atoms. The number of methoxy groups -OCH3 is 1. The van der Waals surface area contributed by atoms with E-state index in [1.165, 1.54) is 16.8 Å². The van der Waals surface area contributed by atoms with Crippen molar-refractivity contribution in [1.29, 1.82) is 0 Å². The topological polar surface area (TPSA) is 39.5 Å². The Labute approximate surface area is 150 Å². The molecule has 5 nitrogen and oxygen atoms in total. The number of morpholine rings is 1. The van der Waals surface area contributed by atoms with E-state index in [9.17, 15) is 0 Å². The molecule has 2 aromatic rings. The van der Waals surface area contributed by atoms with Crippen molar-refractivity contribution in [3.05, 3.63) is 47.3 Å². The number of hydrogen-bond acceptors (Lipinski definition) is 4. The number of rotatable bonds is 7. The van der Waals surface area contributed by atoms with Gasteiger partial charge in [0.1, 0.15) is 5.75 Å². The number of hydrogen-bond donors (Lipinski definition) is 0. The fourth-order valence-corrected chi connectivity index (χ4v) is 3.43. The molecule has 2 heterocycles. The Bertz CT molecular complexity index is 683. The van der Waals surface area contributed by atoms with Gasteiger partial charge in [-0.05, 0) is 31.0 Å². The van der Waals surface area contributed by atoms with Gasteiger partial charge in [0.25, 0.3) is 0 Å². The van der Waals surface area contributed by atoms with Crippen LogP contribution in [0.4, 0.5) is 0 Å². The molecule has 0 amide bonds. The molecule has 1 atom stereocenters. The van der Waals surface area contributed by atoms with E-state index in [-0.39, 0.29) is 6.10 Å². The van der Waals surface area contributed by atoms with Gasteiger partial charge in [0, 0.05) is 43.9 Å². The summed E-state index contributed by atoms with van der Waals surface area (Å²) in [5.41, 5.74) is 3.88. The first kappa shape index (κ1) is 18.0.